The van der Waals surface area contributed by atoms with Crippen molar-refractivity contribution in [2.75, 3.05) is 20.4 Å². The summed E-state index contributed by atoms with van der Waals surface area (Å²) < 4.78 is 0.551. The normalized spacial score (nSPS) is 9.50. The van der Waals surface area contributed by atoms with Crippen LogP contribution >= 0.6 is 24.0 Å². The van der Waals surface area contributed by atoms with Gasteiger partial charge in [0.15, 0.2) is 0 Å². The van der Waals surface area contributed by atoms with E-state index in [1.54, 1.807) is 19.2 Å². The quantitative estimate of drug-likeness (QED) is 0.411. The highest BCUT2D eigenvalue weighted by Crippen LogP contribution is 1.99. The maximum absolute atomic E-state index is 4.93. The molecule has 0 aromatic rings. The number of nitrogens with zero attached hydrogens (tertiary/aromatic N) is 1. The molecule has 48 valence electrons. The van der Waals surface area contributed by atoms with Gasteiger partial charge in [-0.25, -0.2) is 0 Å². The molecule has 4 heteroatoms. The van der Waals surface area contributed by atoms with Gasteiger partial charge in [0.05, 0.1) is 0 Å². The number of thiocarbonyl (C=S) groups is 1. The van der Waals surface area contributed by atoms with Crippen molar-refractivity contribution in [3.05, 3.63) is 0 Å². The number of hydrogen-bond acceptors (Lipinski definition) is 4. The van der Waals surface area contributed by atoms with E-state index in [-0.39, 0.29) is 0 Å². The Balaban J connectivity index is 3.25. The van der Waals surface area contributed by atoms with Gasteiger partial charge in [0.2, 0.25) is 4.38 Å². The molecule has 0 aromatic carbocycles. The van der Waals surface area contributed by atoms with Gasteiger partial charge in [-0.15, -0.1) is 5.06 Å². The first-order chi connectivity index (χ1) is 3.66. The second-order valence-electron chi connectivity index (χ2n) is 1.36. The molecular weight excluding hydrogens is 142 g/mol. The molecule has 0 aliphatic carbocycles. The molecular formula is C4H9NOS2. The Morgan fingerprint density at radius 1 is 1.62 bits per heavy atom. The van der Waals surface area contributed by atoms with E-state index < -0.39 is 0 Å². The SMILES string of the molecule is CSC(=S)ON(C)C. The predicted octanol–water partition coefficient (Wildman–Crippen LogP) is 1.13. The van der Waals surface area contributed by atoms with E-state index in [4.69, 9.17) is 17.1 Å². The van der Waals surface area contributed by atoms with Crippen molar-refractivity contribution in [2.24, 2.45) is 0 Å². The summed E-state index contributed by atoms with van der Waals surface area (Å²) in [4.78, 5) is 4.93. The van der Waals surface area contributed by atoms with Crippen LogP contribution in [-0.4, -0.2) is 29.8 Å². The maximum Gasteiger partial charge on any atom is 0.244 e. The van der Waals surface area contributed by atoms with Crippen molar-refractivity contribution in [2.45, 2.75) is 0 Å². The summed E-state index contributed by atoms with van der Waals surface area (Å²) in [5.41, 5.74) is 0. The maximum atomic E-state index is 4.93. The molecule has 0 saturated carbocycles. The van der Waals surface area contributed by atoms with Crippen molar-refractivity contribution in [3.8, 4) is 0 Å². The lowest BCUT2D eigenvalue weighted by molar-refractivity contribution is -0.00994. The molecule has 8 heavy (non-hydrogen) atoms. The second kappa shape index (κ2) is 4.12. The van der Waals surface area contributed by atoms with Gasteiger partial charge in [0, 0.05) is 14.1 Å². The molecule has 0 amide bonds. The first-order valence-electron chi connectivity index (χ1n) is 2.10. The van der Waals surface area contributed by atoms with E-state index in [0.717, 1.165) is 0 Å². The van der Waals surface area contributed by atoms with Crippen LogP contribution in [0.2, 0.25) is 0 Å². The molecule has 0 fully saturated rings. The Bertz CT molecular complexity index is 84.1. The van der Waals surface area contributed by atoms with Crippen molar-refractivity contribution >= 4 is 28.4 Å². The zero-order chi connectivity index (χ0) is 6.57. The lowest BCUT2D eigenvalue weighted by atomic mass is 11.2. The van der Waals surface area contributed by atoms with Gasteiger partial charge in [-0.3, -0.25) is 0 Å². The van der Waals surface area contributed by atoms with Gasteiger partial charge in [0.25, 0.3) is 0 Å². The van der Waals surface area contributed by atoms with Gasteiger partial charge in [-0.1, -0.05) is 11.8 Å². The first kappa shape index (κ1) is 8.20. The van der Waals surface area contributed by atoms with Crippen LogP contribution in [0.4, 0.5) is 0 Å². The van der Waals surface area contributed by atoms with Crippen molar-refractivity contribution in [1.82, 2.24) is 5.06 Å². The minimum absolute atomic E-state index is 0.551. The van der Waals surface area contributed by atoms with Crippen LogP contribution in [0.3, 0.4) is 0 Å². The standard InChI is InChI=1S/C4H9NOS2/c1-5(2)6-4(7)8-3/h1-3H3. The summed E-state index contributed by atoms with van der Waals surface area (Å²) in [6.07, 6.45) is 1.88. The van der Waals surface area contributed by atoms with E-state index in [9.17, 15) is 0 Å². The van der Waals surface area contributed by atoms with Crippen LogP contribution in [0.25, 0.3) is 0 Å². The third-order valence-electron chi connectivity index (χ3n) is 0.424. The van der Waals surface area contributed by atoms with Crippen LogP contribution in [0.15, 0.2) is 0 Å². The Labute approximate surface area is 59.1 Å². The smallest absolute Gasteiger partial charge is 0.244 e. The number of hydroxylamine groups is 2. The van der Waals surface area contributed by atoms with Gasteiger partial charge < -0.3 is 4.84 Å². The van der Waals surface area contributed by atoms with Crippen LogP contribution in [0, 0.1) is 0 Å². The number of thioether (sulfide) groups is 1. The largest absolute Gasteiger partial charge is 0.388 e. The molecule has 0 saturated heterocycles. The van der Waals surface area contributed by atoms with E-state index in [2.05, 4.69) is 0 Å². The summed E-state index contributed by atoms with van der Waals surface area (Å²) in [5.74, 6) is 0. The average Bonchev–Trinajstić information content (AvgIpc) is 1.65. The monoisotopic (exact) mass is 151 g/mol. The summed E-state index contributed by atoms with van der Waals surface area (Å²) >= 11 is 6.15. The third kappa shape index (κ3) is 4.36. The predicted molar refractivity (Wildman–Crippen MR) is 40.9 cm³/mol. The molecule has 0 heterocycles. The van der Waals surface area contributed by atoms with Gasteiger partial charge in [-0.05, 0) is 18.5 Å². The molecule has 0 aliphatic rings. The fraction of sp³-hybridized carbons (Fsp3) is 0.750. The lowest BCUT2D eigenvalue weighted by Gasteiger charge is -2.09. The molecule has 0 aliphatic heterocycles. The summed E-state index contributed by atoms with van der Waals surface area (Å²) in [7, 11) is 3.59. The first-order valence-corrected chi connectivity index (χ1v) is 3.73. The highest BCUT2D eigenvalue weighted by Gasteiger charge is 1.93. The molecule has 0 unspecified atom stereocenters. The molecule has 2 nitrogen and oxygen atoms in total. The van der Waals surface area contributed by atoms with Gasteiger partial charge >= 0.3 is 0 Å². The molecule has 0 rings (SSSR count). The topological polar surface area (TPSA) is 12.5 Å². The Kier molecular flexibility index (Phi) is 4.22. The summed E-state index contributed by atoms with van der Waals surface area (Å²) in [6, 6.07) is 0. The molecule has 0 spiro atoms. The lowest BCUT2D eigenvalue weighted by Crippen LogP contribution is -2.14. The zero-order valence-corrected chi connectivity index (χ0v) is 6.80. The Morgan fingerprint density at radius 3 is 2.25 bits per heavy atom. The Hall–Kier alpha value is 0.200. The number of hydrogen-bond donors (Lipinski definition) is 0. The van der Waals surface area contributed by atoms with Crippen LogP contribution in [0.5, 0.6) is 0 Å². The fourth-order valence-corrected chi connectivity index (χ4v) is 0.559. The van der Waals surface area contributed by atoms with E-state index in [0.29, 0.717) is 4.38 Å². The minimum atomic E-state index is 0.551. The summed E-state index contributed by atoms with van der Waals surface area (Å²) in [5, 5.41) is 1.57. The molecule has 0 atom stereocenters. The minimum Gasteiger partial charge on any atom is -0.388 e. The molecule has 0 radical (unpaired) electrons. The average molecular weight is 151 g/mol. The highest BCUT2D eigenvalue weighted by atomic mass is 32.2. The van der Waals surface area contributed by atoms with Crippen molar-refractivity contribution < 1.29 is 4.84 Å². The van der Waals surface area contributed by atoms with Gasteiger partial charge in [-0.2, -0.15) is 0 Å². The van der Waals surface area contributed by atoms with Crippen LogP contribution in [0.1, 0.15) is 0 Å². The molecule has 0 N–H and O–H groups in total. The summed E-state index contributed by atoms with van der Waals surface area (Å²) in [6.45, 7) is 0. The zero-order valence-electron chi connectivity index (χ0n) is 5.17. The van der Waals surface area contributed by atoms with E-state index in [1.165, 1.54) is 11.8 Å². The highest BCUT2D eigenvalue weighted by molar-refractivity contribution is 8.22. The van der Waals surface area contributed by atoms with E-state index >= 15 is 0 Å². The number of rotatable bonds is 1. The third-order valence-corrected chi connectivity index (χ3v) is 1.41. The van der Waals surface area contributed by atoms with Crippen LogP contribution < -0.4 is 0 Å². The van der Waals surface area contributed by atoms with E-state index in [1.807, 2.05) is 6.26 Å². The fourth-order valence-electron chi connectivity index (χ4n) is 0.186. The van der Waals surface area contributed by atoms with Gasteiger partial charge in [0.1, 0.15) is 0 Å². The Morgan fingerprint density at radius 2 is 2.12 bits per heavy atom. The van der Waals surface area contributed by atoms with Crippen LogP contribution in [-0.2, 0) is 4.84 Å². The van der Waals surface area contributed by atoms with Crippen molar-refractivity contribution in [1.29, 1.82) is 0 Å². The van der Waals surface area contributed by atoms with Crippen molar-refractivity contribution in [3.63, 3.8) is 0 Å². The molecule has 0 bridgehead atoms. The second-order valence-corrected chi connectivity index (χ2v) is 2.77. The molecule has 0 aromatic heterocycles.